The fourth-order valence-corrected chi connectivity index (χ4v) is 5.92. The first-order valence-corrected chi connectivity index (χ1v) is 15.5. The Hall–Kier alpha value is -4.22. The molecule has 45 heavy (non-hydrogen) atoms. The molecule has 3 aromatic rings. The minimum absolute atomic E-state index is 0.118. The minimum Gasteiger partial charge on any atom is -0.487 e. The summed E-state index contributed by atoms with van der Waals surface area (Å²) in [6.45, 7) is 6.03. The molecule has 2 aliphatic rings. The van der Waals surface area contributed by atoms with Crippen molar-refractivity contribution in [2.45, 2.75) is 44.9 Å². The van der Waals surface area contributed by atoms with E-state index < -0.39 is 41.9 Å². The molecule has 5 rings (SSSR count). The maximum absolute atomic E-state index is 14.5. The number of carbonyl (C=O) groups is 4. The van der Waals surface area contributed by atoms with Crippen molar-refractivity contribution in [3.8, 4) is 5.75 Å². The van der Waals surface area contributed by atoms with E-state index in [-0.39, 0.29) is 29.6 Å². The van der Waals surface area contributed by atoms with E-state index in [0.717, 1.165) is 15.6 Å². The van der Waals surface area contributed by atoms with Crippen molar-refractivity contribution in [2.24, 2.45) is 4.99 Å². The molecular formula is C33H32BrClN4O6. The van der Waals surface area contributed by atoms with Crippen LogP contribution >= 0.6 is 27.5 Å². The van der Waals surface area contributed by atoms with Gasteiger partial charge in [0.15, 0.2) is 5.78 Å². The summed E-state index contributed by atoms with van der Waals surface area (Å²) in [6, 6.07) is 17.9. The molecular weight excluding hydrogens is 664 g/mol. The summed E-state index contributed by atoms with van der Waals surface area (Å²) in [7, 11) is 0. The topological polar surface area (TPSA) is 129 Å². The third kappa shape index (κ3) is 7.37. The van der Waals surface area contributed by atoms with E-state index in [2.05, 4.69) is 21.2 Å². The number of urea groups is 1. The first-order chi connectivity index (χ1) is 21.3. The number of carboxylic acids is 1. The zero-order chi connectivity index (χ0) is 32.5. The van der Waals surface area contributed by atoms with E-state index in [9.17, 15) is 24.3 Å². The number of piperazine rings is 1. The second-order valence-electron chi connectivity index (χ2n) is 11.8. The second-order valence-corrected chi connectivity index (χ2v) is 13.1. The van der Waals surface area contributed by atoms with Crippen molar-refractivity contribution in [1.82, 2.24) is 15.1 Å². The number of hydrogen-bond acceptors (Lipinski definition) is 6. The summed E-state index contributed by atoms with van der Waals surface area (Å²) >= 11 is 9.80. The molecule has 12 heteroatoms. The van der Waals surface area contributed by atoms with Gasteiger partial charge in [0, 0.05) is 28.1 Å². The van der Waals surface area contributed by atoms with Gasteiger partial charge in [0.25, 0.3) is 0 Å². The van der Waals surface area contributed by atoms with Crippen molar-refractivity contribution in [1.29, 1.82) is 0 Å². The van der Waals surface area contributed by atoms with E-state index in [1.165, 1.54) is 17.0 Å². The highest BCUT2D eigenvalue weighted by Gasteiger charge is 2.45. The number of aliphatic carboxylic acids is 1. The molecule has 3 aromatic carbocycles. The molecule has 234 valence electrons. The second kappa shape index (κ2) is 13.0. The smallest absolute Gasteiger partial charge is 0.326 e. The van der Waals surface area contributed by atoms with Crippen LogP contribution in [0.15, 0.2) is 76.2 Å². The van der Waals surface area contributed by atoms with E-state index in [0.29, 0.717) is 23.7 Å². The number of halogens is 2. The third-order valence-electron chi connectivity index (χ3n) is 7.26. The van der Waals surface area contributed by atoms with Crippen molar-refractivity contribution in [3.05, 3.63) is 98.5 Å². The fraction of sp³-hybridized carbons (Fsp3) is 0.303. The molecule has 0 saturated carbocycles. The van der Waals surface area contributed by atoms with Crippen LogP contribution in [0.5, 0.6) is 5.75 Å². The van der Waals surface area contributed by atoms with E-state index in [4.69, 9.17) is 21.3 Å². The Kier molecular flexibility index (Phi) is 9.31. The molecule has 10 nitrogen and oxygen atoms in total. The number of carboxylic acid groups (broad SMARTS) is 1. The molecule has 0 aliphatic carbocycles. The Balaban J connectivity index is 1.73. The number of rotatable bonds is 7. The van der Waals surface area contributed by atoms with Gasteiger partial charge in [-0.05, 0) is 68.3 Å². The molecule has 3 amide bonds. The molecule has 1 fully saturated rings. The quantitative estimate of drug-likeness (QED) is 0.229. The van der Waals surface area contributed by atoms with Crippen LogP contribution < -0.4 is 10.1 Å². The lowest BCUT2D eigenvalue weighted by Gasteiger charge is -2.36. The average molecular weight is 696 g/mol. The molecule has 0 unspecified atom stereocenters. The molecule has 0 radical (unpaired) electrons. The maximum Gasteiger partial charge on any atom is 0.326 e. The molecule has 2 aliphatic heterocycles. The largest absolute Gasteiger partial charge is 0.487 e. The molecule has 0 spiro atoms. The molecule has 0 bridgehead atoms. The number of nitrogens with zero attached hydrogens (tertiary/aromatic N) is 3. The van der Waals surface area contributed by atoms with Crippen LogP contribution in [0.25, 0.3) is 0 Å². The number of nitrogens with one attached hydrogen (secondary N) is 1. The lowest BCUT2D eigenvalue weighted by molar-refractivity contribution is -0.136. The van der Waals surface area contributed by atoms with Gasteiger partial charge in [-0.1, -0.05) is 57.9 Å². The molecule has 0 aromatic heterocycles. The van der Waals surface area contributed by atoms with Crippen molar-refractivity contribution >= 4 is 57.1 Å². The van der Waals surface area contributed by atoms with Crippen LogP contribution in [0.4, 0.5) is 4.79 Å². The van der Waals surface area contributed by atoms with Gasteiger partial charge in [-0.25, -0.2) is 4.79 Å². The maximum atomic E-state index is 14.5. The molecule has 2 heterocycles. The van der Waals surface area contributed by atoms with E-state index in [1.54, 1.807) is 23.1 Å². The summed E-state index contributed by atoms with van der Waals surface area (Å²) in [5.41, 5.74) is 1.47. The summed E-state index contributed by atoms with van der Waals surface area (Å²) in [5, 5.41) is 12.5. The first-order valence-electron chi connectivity index (χ1n) is 14.3. The Bertz CT molecular complexity index is 1690. The van der Waals surface area contributed by atoms with E-state index >= 15 is 0 Å². The van der Waals surface area contributed by atoms with Crippen LogP contribution in [0.2, 0.25) is 5.02 Å². The zero-order valence-corrected chi connectivity index (χ0v) is 27.3. The molecule has 1 saturated heterocycles. The summed E-state index contributed by atoms with van der Waals surface area (Å²) in [4.78, 5) is 59.2. The van der Waals surface area contributed by atoms with Gasteiger partial charge in [0.2, 0.25) is 5.91 Å². The Labute approximate surface area is 274 Å². The van der Waals surface area contributed by atoms with Crippen molar-refractivity contribution in [3.63, 3.8) is 0 Å². The Morgan fingerprint density at radius 3 is 2.44 bits per heavy atom. The number of Topliss-reactive ketones (excluding diaryl/α,β-unsaturated/α-hetero) is 1. The highest BCUT2D eigenvalue weighted by Crippen LogP contribution is 2.46. The normalized spacial score (nSPS) is 18.3. The number of ether oxygens (including phenoxy) is 1. The monoisotopic (exact) mass is 694 g/mol. The number of aliphatic imine (C=N–C) groups is 1. The fourth-order valence-electron chi connectivity index (χ4n) is 5.37. The first kappa shape index (κ1) is 32.2. The zero-order valence-electron chi connectivity index (χ0n) is 24.9. The van der Waals surface area contributed by atoms with Gasteiger partial charge in [-0.15, -0.1) is 0 Å². The van der Waals surface area contributed by atoms with Gasteiger partial charge >= 0.3 is 12.0 Å². The van der Waals surface area contributed by atoms with Crippen molar-refractivity contribution < 1.29 is 29.0 Å². The van der Waals surface area contributed by atoms with Crippen LogP contribution in [0.1, 0.15) is 66.3 Å². The van der Waals surface area contributed by atoms with E-state index in [1.807, 2.05) is 57.2 Å². The van der Waals surface area contributed by atoms with Gasteiger partial charge in [0.05, 0.1) is 11.6 Å². The number of amidine groups is 1. The number of ketones is 1. The van der Waals surface area contributed by atoms with Gasteiger partial charge in [-0.3, -0.25) is 24.3 Å². The standard InChI is InChI=1S/C33H32BrClN4O6/c1-33(2,3)45-26-16-20(25(40)17-28(42)43)9-12-24(26)31-37-29(19-7-10-23(35)11-8-19)30(21-5-4-6-22(34)15-21)39(31)32(44)38-14-13-36-27(41)18-38/h4-12,15-16,29-30H,13-14,17-18H2,1-3H3,(H,36,41)(H,42,43)/t29-,30+/m0/s1. The number of hydrogen-bond donors (Lipinski definition) is 2. The van der Waals surface area contributed by atoms with Gasteiger partial charge in [0.1, 0.15) is 36.2 Å². The lowest BCUT2D eigenvalue weighted by atomic mass is 9.93. The van der Waals surface area contributed by atoms with Gasteiger partial charge < -0.3 is 20.1 Å². The van der Waals surface area contributed by atoms with Crippen molar-refractivity contribution in [2.75, 3.05) is 19.6 Å². The number of amides is 3. The number of benzene rings is 3. The van der Waals surface area contributed by atoms with Crippen LogP contribution in [0, 0.1) is 0 Å². The SMILES string of the molecule is CC(C)(C)Oc1cc(C(=O)CC(=O)O)ccc1C1=N[C@@H](c2ccc(Cl)cc2)[C@@H](c2cccc(Br)c2)N1C(=O)N1CCNC(=O)C1. The summed E-state index contributed by atoms with van der Waals surface area (Å²) in [5.74, 6) is -1.55. The summed E-state index contributed by atoms with van der Waals surface area (Å²) < 4.78 is 7.14. The van der Waals surface area contributed by atoms with Crippen LogP contribution in [0.3, 0.4) is 0 Å². The average Bonchev–Trinajstić information content (AvgIpc) is 3.36. The van der Waals surface area contributed by atoms with Crippen LogP contribution in [-0.4, -0.2) is 69.7 Å². The molecule has 2 atom stereocenters. The lowest BCUT2D eigenvalue weighted by Crippen LogP contribution is -2.55. The third-order valence-corrected chi connectivity index (χ3v) is 8.00. The summed E-state index contributed by atoms with van der Waals surface area (Å²) in [6.07, 6.45) is -0.680. The predicted octanol–water partition coefficient (Wildman–Crippen LogP) is 6.03. The van der Waals surface area contributed by atoms with Gasteiger partial charge in [-0.2, -0.15) is 0 Å². The predicted molar refractivity (Wildman–Crippen MR) is 173 cm³/mol. The number of carbonyl (C=O) groups excluding carboxylic acids is 3. The Morgan fingerprint density at radius 2 is 1.80 bits per heavy atom. The van der Waals surface area contributed by atoms with Crippen LogP contribution in [-0.2, 0) is 9.59 Å². The minimum atomic E-state index is -1.24. The highest BCUT2D eigenvalue weighted by molar-refractivity contribution is 9.10. The molecule has 2 N–H and O–H groups in total. The highest BCUT2D eigenvalue weighted by atomic mass is 79.9. The Morgan fingerprint density at radius 1 is 1.07 bits per heavy atom.